The maximum absolute atomic E-state index is 11.4. The zero-order chi connectivity index (χ0) is 9.35. The minimum absolute atomic E-state index is 0.238. The molecule has 0 N–H and O–H groups in total. The molecule has 0 aromatic heterocycles. The number of likely N-dealkylation sites (tertiary alicyclic amines) is 1. The predicted octanol–water partition coefficient (Wildman–Crippen LogP) is 2.04. The summed E-state index contributed by atoms with van der Waals surface area (Å²) in [6, 6.07) is 0.454. The number of rotatable bonds is 1. The Morgan fingerprint density at radius 2 is 2.08 bits per heavy atom. The molecule has 0 spiro atoms. The van der Waals surface area contributed by atoms with E-state index >= 15 is 0 Å². The SMILES string of the molecule is CCN1C(=O)CCC1C(C)(C)C. The molecule has 0 saturated carbocycles. The fourth-order valence-electron chi connectivity index (χ4n) is 2.03. The number of carbonyl (C=O) groups excluding carboxylic acids is 1. The Hall–Kier alpha value is -0.530. The van der Waals surface area contributed by atoms with E-state index in [1.54, 1.807) is 0 Å². The molecule has 2 heteroatoms. The maximum Gasteiger partial charge on any atom is 0.222 e. The molecular formula is C10H19NO. The highest BCUT2D eigenvalue weighted by atomic mass is 16.2. The largest absolute Gasteiger partial charge is 0.339 e. The van der Waals surface area contributed by atoms with Crippen molar-refractivity contribution in [2.24, 2.45) is 5.41 Å². The van der Waals surface area contributed by atoms with Crippen LogP contribution in [0.15, 0.2) is 0 Å². The second-order valence-corrected chi connectivity index (χ2v) is 4.60. The molecular weight excluding hydrogens is 150 g/mol. The molecule has 1 atom stereocenters. The van der Waals surface area contributed by atoms with Crippen LogP contribution in [0.4, 0.5) is 0 Å². The van der Waals surface area contributed by atoms with Gasteiger partial charge in [-0.15, -0.1) is 0 Å². The van der Waals surface area contributed by atoms with Gasteiger partial charge in [0.15, 0.2) is 0 Å². The van der Waals surface area contributed by atoms with Gasteiger partial charge >= 0.3 is 0 Å². The van der Waals surface area contributed by atoms with Gasteiger partial charge in [-0.05, 0) is 18.8 Å². The highest BCUT2D eigenvalue weighted by Crippen LogP contribution is 2.32. The van der Waals surface area contributed by atoms with Gasteiger partial charge in [0.25, 0.3) is 0 Å². The molecule has 1 aliphatic rings. The van der Waals surface area contributed by atoms with Gasteiger partial charge in [-0.3, -0.25) is 4.79 Å². The lowest BCUT2D eigenvalue weighted by Crippen LogP contribution is -2.41. The van der Waals surface area contributed by atoms with Crippen molar-refractivity contribution in [1.82, 2.24) is 4.90 Å². The first-order valence-corrected chi connectivity index (χ1v) is 4.76. The van der Waals surface area contributed by atoms with Gasteiger partial charge in [0, 0.05) is 19.0 Å². The smallest absolute Gasteiger partial charge is 0.222 e. The van der Waals surface area contributed by atoms with Crippen LogP contribution in [0.3, 0.4) is 0 Å². The van der Waals surface area contributed by atoms with Crippen molar-refractivity contribution in [1.29, 1.82) is 0 Å². The van der Waals surface area contributed by atoms with Crippen LogP contribution in [0, 0.1) is 5.41 Å². The molecule has 12 heavy (non-hydrogen) atoms. The van der Waals surface area contributed by atoms with Crippen molar-refractivity contribution in [3.05, 3.63) is 0 Å². The molecule has 1 unspecified atom stereocenters. The van der Waals surface area contributed by atoms with E-state index in [-0.39, 0.29) is 5.41 Å². The van der Waals surface area contributed by atoms with Gasteiger partial charge in [-0.1, -0.05) is 20.8 Å². The van der Waals surface area contributed by atoms with Crippen LogP contribution in [0.2, 0.25) is 0 Å². The molecule has 1 aliphatic heterocycles. The van der Waals surface area contributed by atoms with Gasteiger partial charge in [0.05, 0.1) is 0 Å². The van der Waals surface area contributed by atoms with Crippen molar-refractivity contribution in [2.45, 2.75) is 46.6 Å². The summed E-state index contributed by atoms with van der Waals surface area (Å²) in [5.41, 5.74) is 0.238. The quantitative estimate of drug-likeness (QED) is 0.588. The molecule has 1 fully saturated rings. The summed E-state index contributed by atoms with van der Waals surface area (Å²) >= 11 is 0. The van der Waals surface area contributed by atoms with Gasteiger partial charge in [-0.25, -0.2) is 0 Å². The molecule has 0 aliphatic carbocycles. The minimum Gasteiger partial charge on any atom is -0.339 e. The Kier molecular flexibility index (Phi) is 2.45. The average molecular weight is 169 g/mol. The highest BCUT2D eigenvalue weighted by Gasteiger charge is 2.37. The summed E-state index contributed by atoms with van der Waals surface area (Å²) in [4.78, 5) is 13.4. The topological polar surface area (TPSA) is 20.3 Å². The van der Waals surface area contributed by atoms with E-state index in [1.807, 2.05) is 4.90 Å². The van der Waals surface area contributed by atoms with Crippen molar-refractivity contribution in [3.8, 4) is 0 Å². The lowest BCUT2D eigenvalue weighted by molar-refractivity contribution is -0.130. The van der Waals surface area contributed by atoms with Crippen LogP contribution < -0.4 is 0 Å². The van der Waals surface area contributed by atoms with Crippen molar-refractivity contribution in [3.63, 3.8) is 0 Å². The Bertz CT molecular complexity index is 181. The lowest BCUT2D eigenvalue weighted by Gasteiger charge is -2.34. The summed E-state index contributed by atoms with van der Waals surface area (Å²) in [7, 11) is 0. The van der Waals surface area contributed by atoms with E-state index in [0.717, 1.165) is 19.4 Å². The number of nitrogens with zero attached hydrogens (tertiary/aromatic N) is 1. The molecule has 70 valence electrons. The zero-order valence-electron chi connectivity index (χ0n) is 8.55. The second kappa shape index (κ2) is 3.08. The van der Waals surface area contributed by atoms with E-state index in [0.29, 0.717) is 11.9 Å². The van der Waals surface area contributed by atoms with Gasteiger partial charge in [0.2, 0.25) is 5.91 Å². The van der Waals surface area contributed by atoms with Crippen molar-refractivity contribution >= 4 is 5.91 Å². The Morgan fingerprint density at radius 3 is 2.42 bits per heavy atom. The third-order valence-electron chi connectivity index (χ3n) is 2.67. The summed E-state index contributed by atoms with van der Waals surface area (Å²) in [6.45, 7) is 9.54. The predicted molar refractivity (Wildman–Crippen MR) is 49.9 cm³/mol. The number of hydrogen-bond donors (Lipinski definition) is 0. The fourth-order valence-corrected chi connectivity index (χ4v) is 2.03. The fraction of sp³-hybridized carbons (Fsp3) is 0.900. The Balaban J connectivity index is 2.73. The molecule has 0 aromatic carbocycles. The van der Waals surface area contributed by atoms with E-state index in [9.17, 15) is 4.79 Å². The van der Waals surface area contributed by atoms with Crippen LogP contribution in [0.25, 0.3) is 0 Å². The van der Waals surface area contributed by atoms with Crippen LogP contribution in [0.1, 0.15) is 40.5 Å². The zero-order valence-corrected chi connectivity index (χ0v) is 8.55. The number of carbonyl (C=O) groups is 1. The third kappa shape index (κ3) is 1.62. The van der Waals surface area contributed by atoms with E-state index in [2.05, 4.69) is 27.7 Å². The first-order chi connectivity index (χ1) is 5.46. The normalized spacial score (nSPS) is 25.2. The molecule has 0 bridgehead atoms. The Morgan fingerprint density at radius 1 is 1.50 bits per heavy atom. The average Bonchev–Trinajstić information content (AvgIpc) is 2.29. The molecule has 1 saturated heterocycles. The van der Waals surface area contributed by atoms with Crippen LogP contribution in [-0.2, 0) is 4.79 Å². The molecule has 0 radical (unpaired) electrons. The molecule has 0 aromatic rings. The standard InChI is InChI=1S/C10H19NO/c1-5-11-8(10(2,3)4)6-7-9(11)12/h8H,5-7H2,1-4H3. The van der Waals surface area contributed by atoms with Crippen molar-refractivity contribution < 1.29 is 4.79 Å². The van der Waals surface area contributed by atoms with Crippen LogP contribution in [-0.4, -0.2) is 23.4 Å². The highest BCUT2D eigenvalue weighted by molar-refractivity contribution is 5.78. The van der Waals surface area contributed by atoms with Crippen molar-refractivity contribution in [2.75, 3.05) is 6.54 Å². The van der Waals surface area contributed by atoms with E-state index in [1.165, 1.54) is 0 Å². The first-order valence-electron chi connectivity index (χ1n) is 4.76. The lowest BCUT2D eigenvalue weighted by atomic mass is 9.85. The monoisotopic (exact) mass is 169 g/mol. The van der Waals surface area contributed by atoms with Gasteiger partial charge in [-0.2, -0.15) is 0 Å². The summed E-state index contributed by atoms with van der Waals surface area (Å²) in [5.74, 6) is 0.331. The second-order valence-electron chi connectivity index (χ2n) is 4.60. The molecule has 1 amide bonds. The third-order valence-corrected chi connectivity index (χ3v) is 2.67. The molecule has 1 rings (SSSR count). The van der Waals surface area contributed by atoms with Gasteiger partial charge in [0.1, 0.15) is 0 Å². The van der Waals surface area contributed by atoms with Crippen LogP contribution in [0.5, 0.6) is 0 Å². The summed E-state index contributed by atoms with van der Waals surface area (Å²) in [6.07, 6.45) is 1.78. The molecule has 2 nitrogen and oxygen atoms in total. The number of hydrogen-bond acceptors (Lipinski definition) is 1. The summed E-state index contributed by atoms with van der Waals surface area (Å²) in [5, 5.41) is 0. The first kappa shape index (κ1) is 9.56. The summed E-state index contributed by atoms with van der Waals surface area (Å²) < 4.78 is 0. The number of amides is 1. The minimum atomic E-state index is 0.238. The van der Waals surface area contributed by atoms with E-state index in [4.69, 9.17) is 0 Å². The Labute approximate surface area is 74.9 Å². The molecule has 1 heterocycles. The van der Waals surface area contributed by atoms with Crippen LogP contribution >= 0.6 is 0 Å². The van der Waals surface area contributed by atoms with E-state index < -0.39 is 0 Å². The van der Waals surface area contributed by atoms with Gasteiger partial charge < -0.3 is 4.90 Å². The maximum atomic E-state index is 11.4.